The molecule has 7 heteroatoms. The summed E-state index contributed by atoms with van der Waals surface area (Å²) >= 11 is 0. The fourth-order valence-electron chi connectivity index (χ4n) is 2.85. The lowest BCUT2D eigenvalue weighted by molar-refractivity contribution is 0.102. The van der Waals surface area contributed by atoms with Gasteiger partial charge in [0.15, 0.2) is 9.84 Å². The molecule has 1 amide bonds. The van der Waals surface area contributed by atoms with Crippen LogP contribution in [0.2, 0.25) is 0 Å². The number of aromatic nitrogens is 1. The Hall–Kier alpha value is -2.41. The minimum absolute atomic E-state index is 0.117. The maximum absolute atomic E-state index is 12.5. The molecule has 2 heterocycles. The van der Waals surface area contributed by atoms with Crippen LogP contribution < -0.4 is 10.6 Å². The van der Waals surface area contributed by atoms with Crippen LogP contribution in [0.3, 0.4) is 0 Å². The summed E-state index contributed by atoms with van der Waals surface area (Å²) in [5.41, 5.74) is 3.89. The maximum Gasteiger partial charge on any atom is 0.257 e. The molecule has 132 valence electrons. The first kappa shape index (κ1) is 17.4. The van der Waals surface area contributed by atoms with E-state index >= 15 is 0 Å². The van der Waals surface area contributed by atoms with Crippen molar-refractivity contribution in [3.8, 4) is 0 Å². The highest BCUT2D eigenvalue weighted by molar-refractivity contribution is 7.91. The number of hydrogen-bond acceptors (Lipinski definition) is 5. The fraction of sp³-hybridized carbons (Fsp3) is 0.333. The Morgan fingerprint density at radius 1 is 1.20 bits per heavy atom. The first-order chi connectivity index (χ1) is 11.8. The average Bonchev–Trinajstić information content (AvgIpc) is 2.90. The van der Waals surface area contributed by atoms with Gasteiger partial charge in [-0.25, -0.2) is 8.42 Å². The van der Waals surface area contributed by atoms with E-state index in [1.807, 2.05) is 32.0 Å². The van der Waals surface area contributed by atoms with Crippen molar-refractivity contribution in [1.82, 2.24) is 4.98 Å². The Morgan fingerprint density at radius 2 is 2.00 bits per heavy atom. The average molecular weight is 359 g/mol. The topological polar surface area (TPSA) is 88.2 Å². The number of benzene rings is 1. The fourth-order valence-corrected chi connectivity index (χ4v) is 4.53. The van der Waals surface area contributed by atoms with Gasteiger partial charge < -0.3 is 10.6 Å². The number of nitrogens with zero attached hydrogens (tertiary/aromatic N) is 1. The summed E-state index contributed by atoms with van der Waals surface area (Å²) in [6.07, 6.45) is 3.66. The van der Waals surface area contributed by atoms with E-state index in [0.29, 0.717) is 17.7 Å². The van der Waals surface area contributed by atoms with Gasteiger partial charge in [0.2, 0.25) is 0 Å². The zero-order valence-electron chi connectivity index (χ0n) is 14.2. The lowest BCUT2D eigenvalue weighted by Gasteiger charge is -2.13. The lowest BCUT2D eigenvalue weighted by atomic mass is 10.1. The second-order valence-corrected chi connectivity index (χ2v) is 8.71. The van der Waals surface area contributed by atoms with Crippen LogP contribution in [0.4, 0.5) is 11.4 Å². The van der Waals surface area contributed by atoms with E-state index < -0.39 is 9.84 Å². The zero-order chi connectivity index (χ0) is 18.0. The number of anilines is 2. The molecule has 1 aromatic carbocycles. The van der Waals surface area contributed by atoms with Gasteiger partial charge in [-0.15, -0.1) is 0 Å². The normalized spacial score (nSPS) is 18.7. The van der Waals surface area contributed by atoms with Crippen LogP contribution in [0.15, 0.2) is 36.7 Å². The number of nitrogens with one attached hydrogen (secondary N) is 2. The van der Waals surface area contributed by atoms with Gasteiger partial charge in [-0.05, 0) is 43.5 Å². The number of pyridine rings is 1. The van der Waals surface area contributed by atoms with E-state index in [1.165, 1.54) is 6.20 Å². The van der Waals surface area contributed by atoms with Crippen molar-refractivity contribution in [3.63, 3.8) is 0 Å². The second-order valence-electron chi connectivity index (χ2n) is 6.48. The third kappa shape index (κ3) is 4.36. The van der Waals surface area contributed by atoms with Crippen LogP contribution in [0.1, 0.15) is 27.9 Å². The van der Waals surface area contributed by atoms with Gasteiger partial charge in [-0.1, -0.05) is 12.1 Å². The standard InChI is InChI=1S/C18H21N3O3S/c1-12-3-4-13(2)17(7-12)21-18(22)14-8-16(10-19-9-14)20-15-5-6-25(23,24)11-15/h3-4,7-10,15,20H,5-6,11H2,1-2H3,(H,21,22). The van der Waals surface area contributed by atoms with Crippen LogP contribution in [0.25, 0.3) is 0 Å². The van der Waals surface area contributed by atoms with Crippen molar-refractivity contribution in [2.45, 2.75) is 26.3 Å². The van der Waals surface area contributed by atoms with Gasteiger partial charge in [-0.3, -0.25) is 9.78 Å². The molecule has 0 radical (unpaired) electrons. The maximum atomic E-state index is 12.5. The van der Waals surface area contributed by atoms with Crippen molar-refractivity contribution < 1.29 is 13.2 Å². The number of amides is 1. The summed E-state index contributed by atoms with van der Waals surface area (Å²) in [4.78, 5) is 16.6. The highest BCUT2D eigenvalue weighted by atomic mass is 32.2. The highest BCUT2D eigenvalue weighted by Crippen LogP contribution is 2.20. The minimum atomic E-state index is -2.95. The summed E-state index contributed by atoms with van der Waals surface area (Å²) in [5, 5.41) is 6.05. The number of sulfone groups is 1. The molecule has 0 saturated carbocycles. The third-order valence-corrected chi connectivity index (χ3v) is 6.01. The van der Waals surface area contributed by atoms with Crippen LogP contribution >= 0.6 is 0 Å². The van der Waals surface area contributed by atoms with E-state index in [4.69, 9.17) is 0 Å². The molecule has 6 nitrogen and oxygen atoms in total. The van der Waals surface area contributed by atoms with E-state index in [2.05, 4.69) is 15.6 Å². The van der Waals surface area contributed by atoms with Crippen LogP contribution in [-0.4, -0.2) is 36.9 Å². The molecular formula is C18H21N3O3S. The zero-order valence-corrected chi connectivity index (χ0v) is 15.1. The quantitative estimate of drug-likeness (QED) is 0.876. The molecule has 2 aromatic rings. The van der Waals surface area contributed by atoms with E-state index in [-0.39, 0.29) is 23.5 Å². The number of hydrogen-bond donors (Lipinski definition) is 2. The highest BCUT2D eigenvalue weighted by Gasteiger charge is 2.27. The first-order valence-electron chi connectivity index (χ1n) is 8.13. The Bertz CT molecular complexity index is 910. The van der Waals surface area contributed by atoms with Crippen LogP contribution in [-0.2, 0) is 9.84 Å². The van der Waals surface area contributed by atoms with Crippen molar-refractivity contribution in [2.24, 2.45) is 0 Å². The van der Waals surface area contributed by atoms with E-state index in [9.17, 15) is 13.2 Å². The molecule has 1 unspecified atom stereocenters. The van der Waals surface area contributed by atoms with Crippen molar-refractivity contribution in [1.29, 1.82) is 0 Å². The Labute approximate surface area is 147 Å². The molecular weight excluding hydrogens is 338 g/mol. The monoisotopic (exact) mass is 359 g/mol. The van der Waals surface area contributed by atoms with E-state index in [1.54, 1.807) is 12.3 Å². The molecule has 2 N–H and O–H groups in total. The number of carbonyl (C=O) groups is 1. The molecule has 1 saturated heterocycles. The van der Waals surface area contributed by atoms with Gasteiger partial charge >= 0.3 is 0 Å². The van der Waals surface area contributed by atoms with Gasteiger partial charge in [-0.2, -0.15) is 0 Å². The lowest BCUT2D eigenvalue weighted by Crippen LogP contribution is -2.21. The second kappa shape index (κ2) is 6.84. The molecule has 0 spiro atoms. The summed E-state index contributed by atoms with van der Waals surface area (Å²) in [6.45, 7) is 3.91. The smallest absolute Gasteiger partial charge is 0.257 e. The Balaban J connectivity index is 1.72. The van der Waals surface area contributed by atoms with Gasteiger partial charge in [0.1, 0.15) is 0 Å². The Kier molecular flexibility index (Phi) is 4.76. The van der Waals surface area contributed by atoms with E-state index in [0.717, 1.165) is 16.8 Å². The van der Waals surface area contributed by atoms with Gasteiger partial charge in [0, 0.05) is 24.1 Å². The summed E-state index contributed by atoms with van der Waals surface area (Å²) in [5.74, 6) is 0.0699. The van der Waals surface area contributed by atoms with Crippen molar-refractivity contribution in [3.05, 3.63) is 53.3 Å². The van der Waals surface area contributed by atoms with Gasteiger partial charge in [0.25, 0.3) is 5.91 Å². The summed E-state index contributed by atoms with van der Waals surface area (Å²) in [7, 11) is -2.95. The van der Waals surface area contributed by atoms with Crippen molar-refractivity contribution in [2.75, 3.05) is 22.1 Å². The van der Waals surface area contributed by atoms with Crippen molar-refractivity contribution >= 4 is 27.1 Å². The largest absolute Gasteiger partial charge is 0.380 e. The molecule has 1 atom stereocenters. The molecule has 1 aliphatic rings. The van der Waals surface area contributed by atoms with Crippen LogP contribution in [0.5, 0.6) is 0 Å². The third-order valence-electron chi connectivity index (χ3n) is 4.24. The number of aryl methyl sites for hydroxylation is 2. The predicted molar refractivity (Wildman–Crippen MR) is 98.8 cm³/mol. The Morgan fingerprint density at radius 3 is 2.72 bits per heavy atom. The minimum Gasteiger partial charge on any atom is -0.380 e. The number of rotatable bonds is 4. The summed E-state index contributed by atoms with van der Waals surface area (Å²) < 4.78 is 23.1. The molecule has 1 aliphatic heterocycles. The molecule has 0 aliphatic carbocycles. The molecule has 1 aromatic heterocycles. The summed E-state index contributed by atoms with van der Waals surface area (Å²) in [6, 6.07) is 7.43. The molecule has 1 fully saturated rings. The van der Waals surface area contributed by atoms with Crippen LogP contribution in [0, 0.1) is 13.8 Å². The predicted octanol–water partition coefficient (Wildman–Crippen LogP) is 2.55. The number of carbonyl (C=O) groups excluding carboxylic acids is 1. The SMILES string of the molecule is Cc1ccc(C)c(NC(=O)c2cncc(NC3CCS(=O)(=O)C3)c2)c1. The van der Waals surface area contributed by atoms with Gasteiger partial charge in [0.05, 0.1) is 22.8 Å². The molecule has 0 bridgehead atoms. The molecule has 25 heavy (non-hydrogen) atoms. The molecule has 3 rings (SSSR count). The first-order valence-corrected chi connectivity index (χ1v) is 9.95.